The van der Waals surface area contributed by atoms with E-state index in [2.05, 4.69) is 0 Å². The number of hydrogen-bond donors (Lipinski definition) is 0. The average Bonchev–Trinajstić information content (AvgIpc) is 3.72. The van der Waals surface area contributed by atoms with Crippen LogP contribution in [0.1, 0.15) is 35.6 Å². The first-order valence-electron chi connectivity index (χ1n) is 25.7. The molecule has 8 aromatic carbocycles. The molecule has 0 aliphatic carbocycles. The van der Waals surface area contributed by atoms with Crippen molar-refractivity contribution in [3.05, 3.63) is 157 Å². The molecular formula is C42H26O. The lowest BCUT2D eigenvalue weighted by atomic mass is 9.84. The smallest absolute Gasteiger partial charge is 0.136 e. The molecule has 0 atom stereocenters. The van der Waals surface area contributed by atoms with Gasteiger partial charge in [0.25, 0.3) is 0 Å². The topological polar surface area (TPSA) is 13.1 Å². The molecule has 200 valence electrons. The van der Waals surface area contributed by atoms with E-state index in [0.29, 0.717) is 0 Å². The second-order valence-electron chi connectivity index (χ2n) is 9.26. The molecule has 43 heavy (non-hydrogen) atoms. The molecule has 0 bridgehead atoms. The third-order valence-electron chi connectivity index (χ3n) is 6.95. The molecule has 1 aromatic heterocycles. The van der Waals surface area contributed by atoms with E-state index in [1.165, 1.54) is 0 Å². The number of fused-ring (bicyclic) bond motifs is 6. The summed E-state index contributed by atoms with van der Waals surface area (Å²) in [5.74, 6) is 0. The van der Waals surface area contributed by atoms with Crippen molar-refractivity contribution in [3.8, 4) is 33.4 Å². The molecule has 0 amide bonds. The summed E-state index contributed by atoms with van der Waals surface area (Å²) in [6, 6.07) is -23.4. The summed E-state index contributed by atoms with van der Waals surface area (Å²) < 4.78 is 237. The zero-order chi connectivity index (χ0) is 51.0. The minimum atomic E-state index is -0.972. The number of benzene rings is 8. The fourth-order valence-electron chi connectivity index (χ4n) is 5.17. The summed E-state index contributed by atoms with van der Waals surface area (Å²) >= 11 is 0. The first-order chi connectivity index (χ1) is 32.2. The molecule has 0 unspecified atom stereocenters. The van der Waals surface area contributed by atoms with Crippen LogP contribution in [0.5, 0.6) is 0 Å². The molecule has 1 heteroatoms. The van der Waals surface area contributed by atoms with Gasteiger partial charge in [0.1, 0.15) is 11.2 Å². The van der Waals surface area contributed by atoms with Gasteiger partial charge in [-0.25, -0.2) is 0 Å². The van der Waals surface area contributed by atoms with Gasteiger partial charge in [-0.2, -0.15) is 0 Å². The van der Waals surface area contributed by atoms with E-state index >= 15 is 0 Å². The summed E-state index contributed by atoms with van der Waals surface area (Å²) in [5, 5.41) is -5.10. The molecule has 0 radical (unpaired) electrons. The van der Waals surface area contributed by atoms with Gasteiger partial charge in [-0.1, -0.05) is 133 Å². The normalized spacial score (nSPS) is 20.2. The van der Waals surface area contributed by atoms with E-state index in [-0.39, 0.29) is 0 Å². The fourth-order valence-corrected chi connectivity index (χ4v) is 5.17. The second-order valence-corrected chi connectivity index (χ2v) is 9.26. The minimum Gasteiger partial charge on any atom is -0.456 e. The van der Waals surface area contributed by atoms with Crippen LogP contribution in [0, 0.1) is 0 Å². The van der Waals surface area contributed by atoms with Crippen LogP contribution in [0.4, 0.5) is 0 Å². The number of furan rings is 1. The molecule has 0 aliphatic heterocycles. The van der Waals surface area contributed by atoms with E-state index in [1.54, 1.807) is 0 Å². The maximum atomic E-state index is 9.47. The van der Waals surface area contributed by atoms with Gasteiger partial charge in [0.05, 0.1) is 35.6 Å². The van der Waals surface area contributed by atoms with Crippen molar-refractivity contribution in [1.82, 2.24) is 0 Å². The van der Waals surface area contributed by atoms with Gasteiger partial charge in [0.15, 0.2) is 0 Å². The largest absolute Gasteiger partial charge is 0.456 e. The zero-order valence-corrected chi connectivity index (χ0v) is 21.4. The van der Waals surface area contributed by atoms with Crippen molar-refractivity contribution in [1.29, 1.82) is 0 Å². The van der Waals surface area contributed by atoms with Gasteiger partial charge in [-0.15, -0.1) is 0 Å². The Balaban J connectivity index is 1.62. The third kappa shape index (κ3) is 3.72. The molecular weight excluding hydrogens is 520 g/mol. The number of rotatable bonds is 3. The molecule has 0 fully saturated rings. The van der Waals surface area contributed by atoms with Crippen molar-refractivity contribution in [2.24, 2.45) is 0 Å². The van der Waals surface area contributed by atoms with Crippen LogP contribution in [-0.2, 0) is 0 Å². The lowest BCUT2D eigenvalue weighted by Crippen LogP contribution is -1.91. The highest BCUT2D eigenvalue weighted by Gasteiger charge is 2.20. The summed E-state index contributed by atoms with van der Waals surface area (Å²) in [6.45, 7) is 0. The highest BCUT2D eigenvalue weighted by atomic mass is 16.3. The van der Waals surface area contributed by atoms with Gasteiger partial charge in [-0.3, -0.25) is 0 Å². The molecule has 1 heterocycles. The summed E-state index contributed by atoms with van der Waals surface area (Å²) in [6.07, 6.45) is 0. The predicted octanol–water partition coefficient (Wildman–Crippen LogP) is 12.0. The van der Waals surface area contributed by atoms with Crippen LogP contribution in [0.25, 0.3) is 87.6 Å². The first kappa shape index (κ1) is 9.69. The summed E-state index contributed by atoms with van der Waals surface area (Å²) in [4.78, 5) is 0. The van der Waals surface area contributed by atoms with Gasteiger partial charge < -0.3 is 4.42 Å². The highest BCUT2D eigenvalue weighted by molar-refractivity contribution is 6.25. The molecule has 9 aromatic rings. The van der Waals surface area contributed by atoms with Crippen LogP contribution in [-0.4, -0.2) is 0 Å². The van der Waals surface area contributed by atoms with E-state index in [4.69, 9.17) is 27.7 Å². The Morgan fingerprint density at radius 2 is 1.00 bits per heavy atom. The Bertz CT molecular complexity index is 3860. The van der Waals surface area contributed by atoms with Crippen molar-refractivity contribution in [3.63, 3.8) is 0 Å². The van der Waals surface area contributed by atoms with Crippen molar-refractivity contribution >= 4 is 54.3 Å². The van der Waals surface area contributed by atoms with Gasteiger partial charge >= 0.3 is 0 Å². The molecule has 0 aliphatic rings. The van der Waals surface area contributed by atoms with Crippen LogP contribution >= 0.6 is 0 Å². The molecule has 0 spiro atoms. The Morgan fingerprint density at radius 3 is 1.74 bits per heavy atom. The Labute approximate surface area is 285 Å². The SMILES string of the molecule is [2H]c1c([2H])c([2H])c(-c2c([2H])c([2H])c3c(oc4c([2H])c([2H])c([2H])c(-c5c6c([2H])c([2H])c([2H])c([2H])c6c(-c6c([2H])c([2H])c7c([2H])c([2H])c([2H])c([2H])c7c6[2H])c6c([2H])c([2H])c([2H])c([2H])c56)c43)c2[2H])c([2H])c1[2H]. The van der Waals surface area contributed by atoms with E-state index < -0.39 is 245 Å². The standard InChI is InChI=1S/C42H26O/c1-2-11-27(12-3-1)30-23-24-36-39(26-30)43-38-20-10-19-37(42(36)38)41-34-17-8-6-15-32(34)40(33-16-7-9-18-35(33)41)31-22-21-28-13-4-5-14-29(28)25-31/h1-26H/i1D,2D,3D,4D,5D,6D,7D,8D,9D,10D,11D,12D,13D,14D,15D,16D,17D,18D,19D,20D,21D,22D,23D,24D,25D,26D. The highest BCUT2D eigenvalue weighted by Crippen LogP contribution is 2.47. The average molecular weight is 573 g/mol. The molecule has 1 nitrogen and oxygen atoms in total. The van der Waals surface area contributed by atoms with Gasteiger partial charge in [0.2, 0.25) is 0 Å². The van der Waals surface area contributed by atoms with Crippen LogP contribution in [0.3, 0.4) is 0 Å². The summed E-state index contributed by atoms with van der Waals surface area (Å²) in [5.41, 5.74) is -5.50. The van der Waals surface area contributed by atoms with Crippen LogP contribution in [0.15, 0.2) is 162 Å². The van der Waals surface area contributed by atoms with Crippen molar-refractivity contribution < 1.29 is 40.1 Å². The minimum absolute atomic E-state index is 0.553. The molecule has 9 rings (SSSR count). The van der Waals surface area contributed by atoms with E-state index in [1.807, 2.05) is 0 Å². The lowest BCUT2D eigenvalue weighted by Gasteiger charge is -2.18. The van der Waals surface area contributed by atoms with Crippen LogP contribution < -0.4 is 0 Å². The lowest BCUT2D eigenvalue weighted by molar-refractivity contribution is 0.669. The maximum Gasteiger partial charge on any atom is 0.136 e. The van der Waals surface area contributed by atoms with E-state index in [0.717, 1.165) is 0 Å². The molecule has 0 saturated heterocycles. The Kier molecular flexibility index (Phi) is 2.13. The fraction of sp³-hybridized carbons (Fsp3) is 0. The quantitative estimate of drug-likeness (QED) is 0.192. The second kappa shape index (κ2) is 9.44. The monoisotopic (exact) mass is 572 g/mol. The molecule has 0 N–H and O–H groups in total. The Morgan fingerprint density at radius 1 is 0.372 bits per heavy atom. The van der Waals surface area contributed by atoms with Gasteiger partial charge in [-0.05, 0) is 89.9 Å². The summed E-state index contributed by atoms with van der Waals surface area (Å²) in [7, 11) is 0. The van der Waals surface area contributed by atoms with Gasteiger partial charge in [0, 0.05) is 10.8 Å². The van der Waals surface area contributed by atoms with E-state index in [9.17, 15) is 12.3 Å². The number of hydrogen-bond acceptors (Lipinski definition) is 1. The van der Waals surface area contributed by atoms with Crippen LogP contribution in [0.2, 0.25) is 0 Å². The Hall–Kier alpha value is -5.66. The predicted molar refractivity (Wildman–Crippen MR) is 183 cm³/mol. The maximum absolute atomic E-state index is 9.47. The third-order valence-corrected chi connectivity index (χ3v) is 6.95. The van der Waals surface area contributed by atoms with Crippen molar-refractivity contribution in [2.45, 2.75) is 0 Å². The van der Waals surface area contributed by atoms with Crippen molar-refractivity contribution in [2.75, 3.05) is 0 Å². The molecule has 0 saturated carbocycles. The zero-order valence-electron chi connectivity index (χ0n) is 47.4. The first-order valence-corrected chi connectivity index (χ1v) is 12.7.